The highest BCUT2D eigenvalue weighted by atomic mass is 32.2. The third kappa shape index (κ3) is 2.57. The molecule has 2 aromatic carbocycles. The molecule has 0 radical (unpaired) electrons. The normalized spacial score (nSPS) is 22.5. The summed E-state index contributed by atoms with van der Waals surface area (Å²) in [6.07, 6.45) is 0. The maximum Gasteiger partial charge on any atom is 0.333 e. The molecular formula is C19H18N2O3S. The van der Waals surface area contributed by atoms with Gasteiger partial charge in [0, 0.05) is 5.75 Å². The first kappa shape index (κ1) is 16.0. The smallest absolute Gasteiger partial charge is 0.333 e. The van der Waals surface area contributed by atoms with E-state index in [1.54, 1.807) is 29.8 Å². The highest BCUT2D eigenvalue weighted by Crippen LogP contribution is 2.46. The van der Waals surface area contributed by atoms with E-state index in [1.807, 2.05) is 49.4 Å². The van der Waals surface area contributed by atoms with Gasteiger partial charge in [0.25, 0.3) is 5.91 Å². The molecule has 0 saturated carbocycles. The van der Waals surface area contributed by atoms with Gasteiger partial charge in [-0.2, -0.15) is 0 Å². The molecule has 25 heavy (non-hydrogen) atoms. The van der Waals surface area contributed by atoms with Crippen LogP contribution >= 0.6 is 11.8 Å². The van der Waals surface area contributed by atoms with Gasteiger partial charge in [-0.25, -0.2) is 9.69 Å². The molecule has 0 N–H and O–H groups in total. The Hall–Kier alpha value is -2.47. The number of nitrogens with zero attached hydrogens (tertiary/aromatic N) is 2. The first-order valence-corrected chi connectivity index (χ1v) is 9.13. The highest BCUT2D eigenvalue weighted by Gasteiger charge is 2.53. The van der Waals surface area contributed by atoms with E-state index in [9.17, 15) is 9.59 Å². The van der Waals surface area contributed by atoms with Crippen LogP contribution in [0, 0.1) is 6.92 Å². The molecule has 3 amide bonds. The number of fused-ring (bicyclic) bond motifs is 1. The summed E-state index contributed by atoms with van der Waals surface area (Å²) >= 11 is 1.63. The van der Waals surface area contributed by atoms with Gasteiger partial charge in [-0.3, -0.25) is 9.69 Å². The van der Waals surface area contributed by atoms with Crippen LogP contribution in [0.3, 0.4) is 0 Å². The summed E-state index contributed by atoms with van der Waals surface area (Å²) in [5.74, 6) is 1.25. The number of ether oxygens (including phenoxy) is 1. The fraction of sp³-hybridized carbons (Fsp3) is 0.263. The molecule has 2 saturated heterocycles. The van der Waals surface area contributed by atoms with E-state index in [-0.39, 0.29) is 17.3 Å². The van der Waals surface area contributed by atoms with Crippen LogP contribution < -0.4 is 9.64 Å². The van der Waals surface area contributed by atoms with Crippen molar-refractivity contribution < 1.29 is 14.3 Å². The number of thioether (sulfide) groups is 1. The standard InChI is InChI=1S/C19H18N2O3S/c1-12-4-3-5-14(10-12)20-17(22)16-11-25-18(21(16)19(20)23)13-6-8-15(24-2)9-7-13/h3-10,16,18H,11H2,1-2H3/t16-,18-/m1/s1. The number of aryl methyl sites for hydroxylation is 1. The zero-order valence-electron chi connectivity index (χ0n) is 14.0. The molecule has 0 bridgehead atoms. The van der Waals surface area contributed by atoms with Gasteiger partial charge in [-0.1, -0.05) is 24.3 Å². The van der Waals surface area contributed by atoms with Crippen LogP contribution in [0.1, 0.15) is 16.5 Å². The molecule has 0 aliphatic carbocycles. The van der Waals surface area contributed by atoms with Crippen molar-refractivity contribution in [2.75, 3.05) is 17.8 Å². The highest BCUT2D eigenvalue weighted by molar-refractivity contribution is 7.99. The van der Waals surface area contributed by atoms with Gasteiger partial charge in [0.15, 0.2) is 0 Å². The van der Waals surface area contributed by atoms with E-state index in [0.717, 1.165) is 16.9 Å². The molecule has 5 nitrogen and oxygen atoms in total. The summed E-state index contributed by atoms with van der Waals surface area (Å²) in [7, 11) is 1.62. The number of rotatable bonds is 3. The second-order valence-electron chi connectivity index (χ2n) is 6.18. The molecule has 6 heteroatoms. The molecule has 2 atom stereocenters. The minimum atomic E-state index is -0.398. The number of imide groups is 1. The Balaban J connectivity index is 1.66. The Bertz CT molecular complexity index is 837. The average molecular weight is 354 g/mol. The second-order valence-corrected chi connectivity index (χ2v) is 7.29. The van der Waals surface area contributed by atoms with E-state index in [0.29, 0.717) is 11.4 Å². The van der Waals surface area contributed by atoms with Gasteiger partial charge in [-0.15, -0.1) is 11.8 Å². The number of anilines is 1. The minimum Gasteiger partial charge on any atom is -0.497 e. The summed E-state index contributed by atoms with van der Waals surface area (Å²) in [6, 6.07) is 14.5. The summed E-state index contributed by atoms with van der Waals surface area (Å²) in [4.78, 5) is 28.8. The molecule has 2 aliphatic heterocycles. The van der Waals surface area contributed by atoms with Crippen molar-refractivity contribution in [3.8, 4) is 5.75 Å². The van der Waals surface area contributed by atoms with E-state index in [1.165, 1.54) is 4.90 Å². The van der Waals surface area contributed by atoms with Crippen molar-refractivity contribution in [3.05, 3.63) is 59.7 Å². The molecular weight excluding hydrogens is 336 g/mol. The Kier molecular flexibility index (Phi) is 3.92. The third-order valence-corrected chi connectivity index (χ3v) is 5.90. The quantitative estimate of drug-likeness (QED) is 0.791. The maximum atomic E-state index is 13.0. The maximum absolute atomic E-state index is 13.0. The molecule has 0 aromatic heterocycles. The Morgan fingerprint density at radius 2 is 1.88 bits per heavy atom. The number of amides is 3. The SMILES string of the molecule is COc1ccc([C@H]2SC[C@@H]3C(=O)N(c4cccc(C)c4)C(=O)N32)cc1. The lowest BCUT2D eigenvalue weighted by atomic mass is 10.2. The largest absolute Gasteiger partial charge is 0.497 e. The van der Waals surface area contributed by atoms with E-state index in [2.05, 4.69) is 0 Å². The first-order valence-electron chi connectivity index (χ1n) is 8.08. The van der Waals surface area contributed by atoms with Gasteiger partial charge in [0.05, 0.1) is 12.8 Å². The number of benzene rings is 2. The Morgan fingerprint density at radius 1 is 1.12 bits per heavy atom. The number of hydrogen-bond donors (Lipinski definition) is 0. The number of carbonyl (C=O) groups is 2. The van der Waals surface area contributed by atoms with Crippen molar-refractivity contribution in [3.63, 3.8) is 0 Å². The fourth-order valence-corrected chi connectivity index (χ4v) is 4.73. The van der Waals surface area contributed by atoms with Crippen LogP contribution in [0.4, 0.5) is 10.5 Å². The third-order valence-electron chi connectivity index (χ3n) is 4.58. The van der Waals surface area contributed by atoms with Crippen LogP contribution in [0.2, 0.25) is 0 Å². The molecule has 2 aromatic rings. The van der Waals surface area contributed by atoms with Crippen molar-refractivity contribution in [2.24, 2.45) is 0 Å². The molecule has 0 unspecified atom stereocenters. The lowest BCUT2D eigenvalue weighted by Crippen LogP contribution is -2.33. The zero-order chi connectivity index (χ0) is 17.6. The monoisotopic (exact) mass is 354 g/mol. The van der Waals surface area contributed by atoms with Gasteiger partial charge in [0.2, 0.25) is 0 Å². The predicted molar refractivity (Wildman–Crippen MR) is 97.9 cm³/mol. The minimum absolute atomic E-state index is 0.140. The number of carbonyl (C=O) groups excluding carboxylic acids is 2. The molecule has 2 aliphatic rings. The van der Waals surface area contributed by atoms with E-state index in [4.69, 9.17) is 4.74 Å². The fourth-order valence-electron chi connectivity index (χ4n) is 3.32. The van der Waals surface area contributed by atoms with E-state index < -0.39 is 6.04 Å². The molecule has 128 valence electrons. The molecule has 4 rings (SSSR count). The zero-order valence-corrected chi connectivity index (χ0v) is 14.8. The van der Waals surface area contributed by atoms with Crippen molar-refractivity contribution >= 4 is 29.4 Å². The number of hydrogen-bond acceptors (Lipinski definition) is 4. The molecule has 2 heterocycles. The van der Waals surface area contributed by atoms with Crippen LogP contribution in [0.15, 0.2) is 48.5 Å². The van der Waals surface area contributed by atoms with Crippen molar-refractivity contribution in [1.29, 1.82) is 0 Å². The number of methoxy groups -OCH3 is 1. The van der Waals surface area contributed by atoms with Gasteiger partial charge >= 0.3 is 6.03 Å². The van der Waals surface area contributed by atoms with E-state index >= 15 is 0 Å². The summed E-state index contributed by atoms with van der Waals surface area (Å²) in [5, 5.41) is -0.151. The van der Waals surface area contributed by atoms with Crippen LogP contribution in [-0.2, 0) is 4.79 Å². The average Bonchev–Trinajstić information content (AvgIpc) is 3.16. The number of urea groups is 1. The second kappa shape index (κ2) is 6.11. The topological polar surface area (TPSA) is 49.9 Å². The summed E-state index contributed by atoms with van der Waals surface area (Å²) in [5.41, 5.74) is 2.66. The van der Waals surface area contributed by atoms with Crippen molar-refractivity contribution in [2.45, 2.75) is 18.3 Å². The van der Waals surface area contributed by atoms with Gasteiger partial charge < -0.3 is 4.74 Å². The molecule has 2 fully saturated rings. The van der Waals surface area contributed by atoms with Crippen LogP contribution in [-0.4, -0.2) is 35.7 Å². The Labute approximate surface area is 150 Å². The predicted octanol–water partition coefficient (Wildman–Crippen LogP) is 3.59. The van der Waals surface area contributed by atoms with Crippen LogP contribution in [0.5, 0.6) is 5.75 Å². The van der Waals surface area contributed by atoms with Gasteiger partial charge in [0.1, 0.15) is 17.2 Å². The first-order chi connectivity index (χ1) is 12.1. The summed E-state index contributed by atoms with van der Waals surface area (Å²) in [6.45, 7) is 1.95. The summed E-state index contributed by atoms with van der Waals surface area (Å²) < 4.78 is 5.19. The lowest BCUT2D eigenvalue weighted by Gasteiger charge is -2.23. The lowest BCUT2D eigenvalue weighted by molar-refractivity contribution is -0.119. The van der Waals surface area contributed by atoms with Crippen LogP contribution in [0.25, 0.3) is 0 Å². The Morgan fingerprint density at radius 3 is 2.56 bits per heavy atom. The van der Waals surface area contributed by atoms with Gasteiger partial charge in [-0.05, 0) is 42.3 Å². The molecule has 0 spiro atoms. The van der Waals surface area contributed by atoms with Crippen molar-refractivity contribution in [1.82, 2.24) is 4.90 Å².